The Morgan fingerprint density at radius 1 is 0.514 bits per heavy atom. The van der Waals surface area contributed by atoms with E-state index in [-0.39, 0.29) is 0 Å². The van der Waals surface area contributed by atoms with Crippen molar-refractivity contribution in [1.29, 1.82) is 0 Å². The van der Waals surface area contributed by atoms with Crippen molar-refractivity contribution in [2.75, 3.05) is 13.2 Å². The van der Waals surface area contributed by atoms with Crippen LogP contribution in [0.3, 0.4) is 0 Å². The first-order valence-electron chi connectivity index (χ1n) is 14.9. The molecule has 3 heteroatoms. The summed E-state index contributed by atoms with van der Waals surface area (Å²) in [4.78, 5) is 0. The van der Waals surface area contributed by atoms with Crippen LogP contribution in [0.4, 0.5) is 0 Å². The Hall–Kier alpha value is -2.68. The lowest BCUT2D eigenvalue weighted by Crippen LogP contribution is -2.01. The van der Waals surface area contributed by atoms with Gasteiger partial charge >= 0.3 is 0 Å². The Labute approximate surface area is 225 Å². The van der Waals surface area contributed by atoms with Crippen molar-refractivity contribution < 1.29 is 14.2 Å². The Kier molecular flexibility index (Phi) is 13.8. The van der Waals surface area contributed by atoms with Gasteiger partial charge in [-0.1, -0.05) is 115 Å². The number of benzene rings is 3. The summed E-state index contributed by atoms with van der Waals surface area (Å²) in [7, 11) is 0. The van der Waals surface area contributed by atoms with Gasteiger partial charge in [0, 0.05) is 5.39 Å². The maximum absolute atomic E-state index is 6.38. The predicted octanol–water partition coefficient (Wildman–Crippen LogP) is 10.9. The molecule has 0 fully saturated rings. The van der Waals surface area contributed by atoms with Crippen LogP contribution in [0.1, 0.15) is 104 Å². The van der Waals surface area contributed by atoms with Gasteiger partial charge < -0.3 is 14.2 Å². The Morgan fingerprint density at radius 3 is 1.76 bits per heavy atom. The first kappa shape index (κ1) is 28.9. The van der Waals surface area contributed by atoms with Gasteiger partial charge in [0.2, 0.25) is 0 Å². The van der Waals surface area contributed by atoms with E-state index in [0.717, 1.165) is 53.2 Å². The molecule has 37 heavy (non-hydrogen) atoms. The van der Waals surface area contributed by atoms with Crippen LogP contribution in [0.5, 0.6) is 23.0 Å². The molecule has 0 aromatic heterocycles. The minimum atomic E-state index is 0.703. The molecule has 3 nitrogen and oxygen atoms in total. The number of para-hydroxylation sites is 1. The third-order valence-electron chi connectivity index (χ3n) is 6.89. The molecule has 0 saturated carbocycles. The van der Waals surface area contributed by atoms with Gasteiger partial charge in [-0.15, -0.1) is 0 Å². The van der Waals surface area contributed by atoms with Crippen LogP contribution in [0.25, 0.3) is 10.8 Å². The number of fused-ring (bicyclic) bond motifs is 1. The third kappa shape index (κ3) is 10.7. The highest BCUT2D eigenvalue weighted by Crippen LogP contribution is 2.39. The van der Waals surface area contributed by atoms with E-state index in [4.69, 9.17) is 14.2 Å². The number of hydrogen-bond acceptors (Lipinski definition) is 3. The molecule has 0 aliphatic rings. The van der Waals surface area contributed by atoms with Crippen molar-refractivity contribution >= 4 is 10.8 Å². The molecule has 0 unspecified atom stereocenters. The lowest BCUT2D eigenvalue weighted by molar-refractivity contribution is 0.294. The van der Waals surface area contributed by atoms with Crippen molar-refractivity contribution in [3.05, 3.63) is 60.7 Å². The van der Waals surface area contributed by atoms with E-state index >= 15 is 0 Å². The molecule has 0 heterocycles. The molecular formula is C34H48O3. The minimum absolute atomic E-state index is 0.703. The highest BCUT2D eigenvalue weighted by Gasteiger charge is 2.13. The van der Waals surface area contributed by atoms with E-state index < -0.39 is 0 Å². The fraction of sp³-hybridized carbons (Fsp3) is 0.529. The summed E-state index contributed by atoms with van der Waals surface area (Å²) in [6.07, 6.45) is 17.9. The fourth-order valence-corrected chi connectivity index (χ4v) is 4.68. The van der Waals surface area contributed by atoms with E-state index in [0.29, 0.717) is 6.61 Å². The van der Waals surface area contributed by atoms with Gasteiger partial charge in [-0.05, 0) is 54.6 Å². The van der Waals surface area contributed by atoms with Crippen molar-refractivity contribution in [2.45, 2.75) is 104 Å². The Balaban J connectivity index is 1.59. The molecule has 3 aromatic rings. The van der Waals surface area contributed by atoms with Gasteiger partial charge in [-0.2, -0.15) is 0 Å². The summed E-state index contributed by atoms with van der Waals surface area (Å²) in [6, 6.07) is 20.4. The number of unbranched alkanes of at least 4 members (excludes halogenated alkanes) is 12. The maximum Gasteiger partial charge on any atom is 0.169 e. The highest BCUT2D eigenvalue weighted by molar-refractivity contribution is 5.92. The molecule has 0 saturated heterocycles. The average molecular weight is 505 g/mol. The van der Waals surface area contributed by atoms with E-state index in [1.807, 2.05) is 36.4 Å². The summed E-state index contributed by atoms with van der Waals surface area (Å²) >= 11 is 0. The van der Waals surface area contributed by atoms with Gasteiger partial charge in [0.25, 0.3) is 0 Å². The van der Waals surface area contributed by atoms with E-state index in [1.165, 1.54) is 77.0 Å². The lowest BCUT2D eigenvalue weighted by atomic mass is 10.1. The zero-order chi connectivity index (χ0) is 26.0. The molecule has 202 valence electrons. The average Bonchev–Trinajstić information content (AvgIpc) is 2.93. The Bertz CT molecular complexity index is 999. The van der Waals surface area contributed by atoms with Gasteiger partial charge in [0.15, 0.2) is 11.5 Å². The van der Waals surface area contributed by atoms with Crippen molar-refractivity contribution in [3.63, 3.8) is 0 Å². The normalized spacial score (nSPS) is 11.1. The van der Waals surface area contributed by atoms with Crippen LogP contribution >= 0.6 is 0 Å². The van der Waals surface area contributed by atoms with E-state index in [9.17, 15) is 0 Å². The van der Waals surface area contributed by atoms with Crippen molar-refractivity contribution in [1.82, 2.24) is 0 Å². The zero-order valence-electron chi connectivity index (χ0n) is 23.3. The van der Waals surface area contributed by atoms with Crippen molar-refractivity contribution in [3.8, 4) is 23.0 Å². The minimum Gasteiger partial charge on any atom is -0.494 e. The number of hydrogen-bond donors (Lipinski definition) is 0. The van der Waals surface area contributed by atoms with E-state index in [1.54, 1.807) is 0 Å². The van der Waals surface area contributed by atoms with Gasteiger partial charge in [-0.3, -0.25) is 0 Å². The van der Waals surface area contributed by atoms with Crippen LogP contribution in [0.2, 0.25) is 0 Å². The van der Waals surface area contributed by atoms with Crippen LogP contribution in [-0.2, 0) is 0 Å². The standard InChI is InChI=1S/C34H48O3/c1-3-5-7-9-11-13-18-26-35-31-23-24-32-29(28-31)22-25-33(37-30-20-16-15-17-21-30)34(32)36-27-19-14-12-10-8-6-4-2/h15-17,20-25,28H,3-14,18-19,26-27H2,1-2H3. The molecule has 0 aliphatic heterocycles. The zero-order valence-corrected chi connectivity index (χ0v) is 23.3. The first-order valence-corrected chi connectivity index (χ1v) is 14.9. The molecule has 0 aliphatic carbocycles. The molecule has 0 N–H and O–H groups in total. The summed E-state index contributed by atoms with van der Waals surface area (Å²) in [5.41, 5.74) is 0. The fourth-order valence-electron chi connectivity index (χ4n) is 4.68. The van der Waals surface area contributed by atoms with Crippen LogP contribution in [0.15, 0.2) is 60.7 Å². The van der Waals surface area contributed by atoms with Crippen molar-refractivity contribution in [2.24, 2.45) is 0 Å². The molecular weight excluding hydrogens is 456 g/mol. The largest absolute Gasteiger partial charge is 0.494 e. The van der Waals surface area contributed by atoms with Gasteiger partial charge in [-0.25, -0.2) is 0 Å². The second-order valence-electron chi connectivity index (χ2n) is 10.1. The number of ether oxygens (including phenoxy) is 3. The van der Waals surface area contributed by atoms with Gasteiger partial charge in [0.05, 0.1) is 13.2 Å². The summed E-state index contributed by atoms with van der Waals surface area (Å²) in [5, 5.41) is 2.19. The monoisotopic (exact) mass is 504 g/mol. The molecule has 3 rings (SSSR count). The topological polar surface area (TPSA) is 27.7 Å². The third-order valence-corrected chi connectivity index (χ3v) is 6.89. The van der Waals surface area contributed by atoms with Crippen LogP contribution in [-0.4, -0.2) is 13.2 Å². The molecule has 0 amide bonds. The quantitative estimate of drug-likeness (QED) is 0.143. The summed E-state index contributed by atoms with van der Waals surface area (Å²) in [5.74, 6) is 3.33. The molecule has 0 radical (unpaired) electrons. The second kappa shape index (κ2) is 17.7. The SMILES string of the molecule is CCCCCCCCCOc1ccc2c(OCCCCCCCCC)c(Oc3ccccc3)ccc2c1. The highest BCUT2D eigenvalue weighted by atomic mass is 16.5. The van der Waals surface area contributed by atoms with Crippen LogP contribution in [0, 0.1) is 0 Å². The summed E-state index contributed by atoms with van der Waals surface area (Å²) in [6.45, 7) is 6.00. The number of rotatable bonds is 20. The second-order valence-corrected chi connectivity index (χ2v) is 10.1. The molecule has 3 aromatic carbocycles. The Morgan fingerprint density at radius 2 is 1.11 bits per heavy atom. The summed E-state index contributed by atoms with van der Waals surface area (Å²) < 4.78 is 18.7. The van der Waals surface area contributed by atoms with Crippen LogP contribution < -0.4 is 14.2 Å². The van der Waals surface area contributed by atoms with Gasteiger partial charge in [0.1, 0.15) is 11.5 Å². The predicted molar refractivity (Wildman–Crippen MR) is 157 cm³/mol. The maximum atomic E-state index is 6.38. The first-order chi connectivity index (χ1) is 18.3. The molecule has 0 spiro atoms. The lowest BCUT2D eigenvalue weighted by Gasteiger charge is -2.16. The molecule has 0 atom stereocenters. The molecule has 0 bridgehead atoms. The smallest absolute Gasteiger partial charge is 0.169 e. The van der Waals surface area contributed by atoms with E-state index in [2.05, 4.69) is 38.1 Å².